The van der Waals surface area contributed by atoms with Gasteiger partial charge in [0, 0.05) is 37.5 Å². The normalized spacial score (nSPS) is 16.4. The Bertz CT molecular complexity index is 547. The van der Waals surface area contributed by atoms with Crippen LogP contribution in [-0.2, 0) is 0 Å². The second-order valence-corrected chi connectivity index (χ2v) is 5.33. The number of rotatable bonds is 2. The van der Waals surface area contributed by atoms with Crippen molar-refractivity contribution >= 4 is 17.4 Å². The highest BCUT2D eigenvalue weighted by Gasteiger charge is 2.18. The van der Waals surface area contributed by atoms with Crippen LogP contribution in [0.15, 0.2) is 18.2 Å². The van der Waals surface area contributed by atoms with Crippen LogP contribution in [0.2, 0.25) is 0 Å². The summed E-state index contributed by atoms with van der Waals surface area (Å²) in [6.07, 6.45) is 0.948. The number of likely N-dealkylation sites (N-methyl/N-ethyl adjacent to an activating group) is 1. The summed E-state index contributed by atoms with van der Waals surface area (Å²) in [6.45, 7) is 5.00. The van der Waals surface area contributed by atoms with Crippen LogP contribution in [0.5, 0.6) is 0 Å². The van der Waals surface area contributed by atoms with Gasteiger partial charge < -0.3 is 15.1 Å². The van der Waals surface area contributed by atoms with E-state index in [1.807, 2.05) is 7.05 Å². The Morgan fingerprint density at radius 3 is 2.71 bits per heavy atom. The summed E-state index contributed by atoms with van der Waals surface area (Å²) in [5, 5.41) is 13.5. The molecule has 0 aliphatic carbocycles. The average Bonchev–Trinajstić information content (AvgIpc) is 2.65. The molecule has 7 heteroatoms. The summed E-state index contributed by atoms with van der Waals surface area (Å²) >= 11 is 0. The molecule has 0 radical (unpaired) electrons. The lowest BCUT2D eigenvalue weighted by atomic mass is 10.2. The molecule has 0 bridgehead atoms. The van der Waals surface area contributed by atoms with Gasteiger partial charge in [0.15, 0.2) is 0 Å². The van der Waals surface area contributed by atoms with E-state index in [2.05, 4.69) is 10.2 Å². The summed E-state index contributed by atoms with van der Waals surface area (Å²) in [6, 6.07) is 4.29. The molecule has 1 N–H and O–H groups in total. The molecule has 1 aromatic carbocycles. The Balaban J connectivity index is 2.03. The van der Waals surface area contributed by atoms with E-state index in [4.69, 9.17) is 0 Å². The summed E-state index contributed by atoms with van der Waals surface area (Å²) < 4.78 is 0. The number of hydrogen-bond donors (Lipinski definition) is 1. The van der Waals surface area contributed by atoms with Crippen molar-refractivity contribution in [2.45, 2.75) is 13.3 Å². The number of hydrogen-bond acceptors (Lipinski definition) is 4. The first-order valence-corrected chi connectivity index (χ1v) is 6.97. The van der Waals surface area contributed by atoms with Crippen molar-refractivity contribution in [3.05, 3.63) is 33.9 Å². The maximum Gasteiger partial charge on any atom is 0.321 e. The minimum Gasteiger partial charge on any atom is -0.323 e. The Labute approximate surface area is 123 Å². The average molecular weight is 292 g/mol. The topological polar surface area (TPSA) is 78.7 Å². The molecule has 21 heavy (non-hydrogen) atoms. The van der Waals surface area contributed by atoms with Crippen LogP contribution < -0.4 is 5.32 Å². The van der Waals surface area contributed by atoms with Gasteiger partial charge >= 0.3 is 6.03 Å². The summed E-state index contributed by atoms with van der Waals surface area (Å²) in [4.78, 5) is 26.5. The second-order valence-electron chi connectivity index (χ2n) is 5.33. The number of carbonyl (C=O) groups is 1. The number of amides is 2. The molecule has 1 fully saturated rings. The molecule has 0 saturated carbocycles. The van der Waals surface area contributed by atoms with Crippen LogP contribution in [0, 0.1) is 17.0 Å². The Kier molecular flexibility index (Phi) is 4.74. The van der Waals surface area contributed by atoms with Crippen molar-refractivity contribution in [1.82, 2.24) is 9.80 Å². The quantitative estimate of drug-likeness (QED) is 0.668. The van der Waals surface area contributed by atoms with Crippen LogP contribution in [0.4, 0.5) is 16.2 Å². The number of nitrogens with zero attached hydrogens (tertiary/aromatic N) is 3. The van der Waals surface area contributed by atoms with Crippen LogP contribution in [0.25, 0.3) is 0 Å². The molecular weight excluding hydrogens is 272 g/mol. The second kappa shape index (κ2) is 6.53. The van der Waals surface area contributed by atoms with Crippen molar-refractivity contribution in [3.63, 3.8) is 0 Å². The van der Waals surface area contributed by atoms with Gasteiger partial charge in [-0.2, -0.15) is 0 Å². The predicted molar refractivity (Wildman–Crippen MR) is 80.5 cm³/mol. The minimum atomic E-state index is -0.441. The van der Waals surface area contributed by atoms with Gasteiger partial charge in [0.1, 0.15) is 0 Å². The maximum absolute atomic E-state index is 12.3. The number of nitro groups is 1. The van der Waals surface area contributed by atoms with Crippen LogP contribution in [0.1, 0.15) is 12.0 Å². The molecule has 0 spiro atoms. The molecule has 7 nitrogen and oxygen atoms in total. The number of aryl methyl sites for hydroxylation is 1. The fourth-order valence-electron chi connectivity index (χ4n) is 2.35. The lowest BCUT2D eigenvalue weighted by molar-refractivity contribution is -0.384. The van der Waals surface area contributed by atoms with Gasteiger partial charge in [-0.15, -0.1) is 0 Å². The Morgan fingerprint density at radius 2 is 2.05 bits per heavy atom. The zero-order chi connectivity index (χ0) is 15.4. The van der Waals surface area contributed by atoms with E-state index in [0.29, 0.717) is 17.8 Å². The number of urea groups is 1. The van der Waals surface area contributed by atoms with Crippen molar-refractivity contribution < 1.29 is 9.72 Å². The Hall–Kier alpha value is -2.15. The summed E-state index contributed by atoms with van der Waals surface area (Å²) in [5.41, 5.74) is 1.33. The number of anilines is 1. The minimum absolute atomic E-state index is 0.0295. The number of nitro benzene ring substituents is 1. The van der Waals surface area contributed by atoms with E-state index in [9.17, 15) is 14.9 Å². The van der Waals surface area contributed by atoms with E-state index >= 15 is 0 Å². The van der Waals surface area contributed by atoms with Crippen molar-refractivity contribution in [2.24, 2.45) is 0 Å². The number of non-ortho nitro benzene ring substituents is 1. The van der Waals surface area contributed by atoms with Crippen molar-refractivity contribution in [1.29, 1.82) is 0 Å². The first kappa shape index (κ1) is 15.2. The van der Waals surface area contributed by atoms with Gasteiger partial charge in [0.05, 0.1) is 4.92 Å². The molecule has 0 unspecified atom stereocenters. The molecule has 1 saturated heterocycles. The van der Waals surface area contributed by atoms with Crippen molar-refractivity contribution in [3.8, 4) is 0 Å². The van der Waals surface area contributed by atoms with E-state index in [-0.39, 0.29) is 11.7 Å². The molecule has 114 valence electrons. The molecular formula is C14H20N4O3. The molecule has 0 aromatic heterocycles. The van der Waals surface area contributed by atoms with Gasteiger partial charge in [0.2, 0.25) is 0 Å². The van der Waals surface area contributed by atoms with Crippen LogP contribution in [-0.4, -0.2) is 54.0 Å². The molecule has 2 rings (SSSR count). The zero-order valence-electron chi connectivity index (χ0n) is 12.3. The van der Waals surface area contributed by atoms with Crippen molar-refractivity contribution in [2.75, 3.05) is 38.5 Å². The zero-order valence-corrected chi connectivity index (χ0v) is 12.3. The maximum atomic E-state index is 12.3. The highest BCUT2D eigenvalue weighted by atomic mass is 16.6. The molecule has 0 atom stereocenters. The number of benzene rings is 1. The smallest absolute Gasteiger partial charge is 0.321 e. The van der Waals surface area contributed by atoms with Gasteiger partial charge in [-0.1, -0.05) is 0 Å². The lowest BCUT2D eigenvalue weighted by Gasteiger charge is -2.21. The van der Waals surface area contributed by atoms with E-state index in [1.54, 1.807) is 17.9 Å². The number of carbonyl (C=O) groups excluding carboxylic acids is 1. The van der Waals surface area contributed by atoms with E-state index in [1.165, 1.54) is 12.1 Å². The third-order valence-electron chi connectivity index (χ3n) is 3.67. The summed E-state index contributed by atoms with van der Waals surface area (Å²) in [5.74, 6) is 0. The van der Waals surface area contributed by atoms with E-state index < -0.39 is 4.92 Å². The highest BCUT2D eigenvalue weighted by molar-refractivity contribution is 5.90. The first-order chi connectivity index (χ1) is 9.97. The van der Waals surface area contributed by atoms with E-state index in [0.717, 1.165) is 26.1 Å². The Morgan fingerprint density at radius 1 is 1.29 bits per heavy atom. The van der Waals surface area contributed by atoms with Gasteiger partial charge in [-0.05, 0) is 38.6 Å². The molecule has 2 amide bonds. The third kappa shape index (κ3) is 3.91. The van der Waals surface area contributed by atoms with Crippen LogP contribution in [0.3, 0.4) is 0 Å². The third-order valence-corrected chi connectivity index (χ3v) is 3.67. The standard InChI is InChI=1S/C14H20N4O3/c1-11-10-12(18(20)21)4-5-13(11)15-14(19)17-7-3-6-16(2)8-9-17/h4-5,10H,3,6-9H2,1-2H3,(H,15,19). The predicted octanol–water partition coefficient (Wildman–Crippen LogP) is 2.07. The fraction of sp³-hybridized carbons (Fsp3) is 0.500. The lowest BCUT2D eigenvalue weighted by Crippen LogP contribution is -2.37. The monoisotopic (exact) mass is 292 g/mol. The summed E-state index contributed by atoms with van der Waals surface area (Å²) in [7, 11) is 2.04. The largest absolute Gasteiger partial charge is 0.323 e. The fourth-order valence-corrected chi connectivity index (χ4v) is 2.35. The number of nitrogens with one attached hydrogen (secondary N) is 1. The van der Waals surface area contributed by atoms with Gasteiger partial charge in [-0.25, -0.2) is 4.79 Å². The molecule has 1 aliphatic rings. The SMILES string of the molecule is Cc1cc([N+](=O)[O-])ccc1NC(=O)N1CCCN(C)CC1. The first-order valence-electron chi connectivity index (χ1n) is 6.97. The van der Waals surface area contributed by atoms with Gasteiger partial charge in [-0.3, -0.25) is 10.1 Å². The van der Waals surface area contributed by atoms with Crippen LogP contribution >= 0.6 is 0 Å². The molecule has 1 aromatic rings. The highest BCUT2D eigenvalue weighted by Crippen LogP contribution is 2.21. The molecule has 1 heterocycles. The van der Waals surface area contributed by atoms with Gasteiger partial charge in [0.25, 0.3) is 5.69 Å². The molecule has 1 aliphatic heterocycles.